The van der Waals surface area contributed by atoms with Gasteiger partial charge in [-0.25, -0.2) is 18.5 Å². The molecule has 6 nitrogen and oxygen atoms in total. The second-order valence-electron chi connectivity index (χ2n) is 8.53. The number of aromatic nitrogens is 1. The second kappa shape index (κ2) is 8.26. The third-order valence-corrected chi connectivity index (χ3v) is 8.54. The number of amides is 1. The molecule has 2 N–H and O–H groups in total. The van der Waals surface area contributed by atoms with Crippen LogP contribution in [0.3, 0.4) is 0 Å². The zero-order chi connectivity index (χ0) is 22.5. The Hall–Kier alpha value is -2.26. The Morgan fingerprint density at radius 1 is 1.00 bits per heavy atom. The van der Waals surface area contributed by atoms with Crippen LogP contribution in [0.5, 0.6) is 0 Å². The van der Waals surface area contributed by atoms with Crippen LogP contribution in [0, 0.1) is 11.8 Å². The van der Waals surface area contributed by atoms with E-state index >= 15 is 0 Å². The number of carbonyl (C=O) groups is 1. The van der Waals surface area contributed by atoms with E-state index in [9.17, 15) is 13.2 Å². The highest BCUT2D eigenvalue weighted by molar-refractivity contribution is 7.89. The molecule has 32 heavy (non-hydrogen) atoms. The lowest BCUT2D eigenvalue weighted by atomic mass is 9.99. The number of nitrogens with two attached hydrogens (primary N) is 1. The molecule has 2 aliphatic rings. The molecule has 1 aliphatic carbocycles. The van der Waals surface area contributed by atoms with Gasteiger partial charge in [-0.1, -0.05) is 35.9 Å². The maximum Gasteiger partial charge on any atom is 0.282 e. The number of thiazole rings is 1. The topological polar surface area (TPSA) is 93.4 Å². The molecular weight excluding hydrogens is 466 g/mol. The fourth-order valence-electron chi connectivity index (χ4n) is 4.72. The monoisotopic (exact) mass is 487 g/mol. The SMILES string of the molecule is NS(=O)(=O)c1ccc(-c2sc(C(=O)N3CC4CCC(C4)C3)nc2-c2ccc(Cl)cc2)cc1. The summed E-state index contributed by atoms with van der Waals surface area (Å²) in [5.74, 6) is 1.16. The van der Waals surface area contributed by atoms with Crippen molar-refractivity contribution in [2.75, 3.05) is 13.1 Å². The summed E-state index contributed by atoms with van der Waals surface area (Å²) in [6, 6.07) is 13.6. The van der Waals surface area contributed by atoms with E-state index in [0.717, 1.165) is 29.1 Å². The summed E-state index contributed by atoms with van der Waals surface area (Å²) < 4.78 is 23.3. The highest BCUT2D eigenvalue weighted by Crippen LogP contribution is 2.40. The molecule has 1 saturated carbocycles. The van der Waals surface area contributed by atoms with E-state index in [0.29, 0.717) is 27.6 Å². The van der Waals surface area contributed by atoms with E-state index in [4.69, 9.17) is 21.7 Å². The normalized spacial score (nSPS) is 20.5. The lowest BCUT2D eigenvalue weighted by Crippen LogP contribution is -2.40. The summed E-state index contributed by atoms with van der Waals surface area (Å²) in [5.41, 5.74) is 2.30. The van der Waals surface area contributed by atoms with Gasteiger partial charge in [0.1, 0.15) is 0 Å². The molecule has 2 aromatic carbocycles. The van der Waals surface area contributed by atoms with Crippen molar-refractivity contribution in [1.29, 1.82) is 0 Å². The summed E-state index contributed by atoms with van der Waals surface area (Å²) in [7, 11) is -3.78. The molecule has 1 amide bonds. The molecule has 9 heteroatoms. The number of piperidine rings is 1. The fourth-order valence-corrected chi connectivity index (χ4v) is 6.42. The molecular formula is C23H22ClN3O3S2. The Morgan fingerprint density at radius 3 is 2.19 bits per heavy atom. The summed E-state index contributed by atoms with van der Waals surface area (Å²) in [6.07, 6.45) is 3.62. The Labute approximate surface area is 196 Å². The summed E-state index contributed by atoms with van der Waals surface area (Å²) in [6.45, 7) is 1.59. The van der Waals surface area contributed by atoms with Crippen LogP contribution in [0.2, 0.25) is 5.02 Å². The zero-order valence-corrected chi connectivity index (χ0v) is 19.6. The third-order valence-electron chi connectivity index (χ3n) is 6.27. The van der Waals surface area contributed by atoms with E-state index in [1.54, 1.807) is 24.3 Å². The standard InChI is InChI=1S/C23H22ClN3O3S2/c24-18-7-3-16(4-8-18)20-21(17-5-9-19(10-6-17)32(25,29)30)31-22(26-20)23(28)27-12-14-1-2-15(11-14)13-27/h3-10,14-15H,1-2,11-13H2,(H2,25,29,30). The van der Waals surface area contributed by atoms with Gasteiger partial charge in [0.25, 0.3) is 5.91 Å². The minimum atomic E-state index is -3.78. The number of rotatable bonds is 4. The van der Waals surface area contributed by atoms with Gasteiger partial charge in [-0.2, -0.15) is 0 Å². The number of halogens is 1. The highest BCUT2D eigenvalue weighted by Gasteiger charge is 2.36. The summed E-state index contributed by atoms with van der Waals surface area (Å²) in [4.78, 5) is 20.9. The van der Waals surface area contributed by atoms with Gasteiger partial charge in [0.2, 0.25) is 10.0 Å². The molecule has 166 valence electrons. The molecule has 3 aromatic rings. The van der Waals surface area contributed by atoms with E-state index in [2.05, 4.69) is 0 Å². The third kappa shape index (κ3) is 4.20. The Balaban J connectivity index is 1.55. The second-order valence-corrected chi connectivity index (χ2v) is 11.5. The molecule has 2 heterocycles. The summed E-state index contributed by atoms with van der Waals surface area (Å²) in [5, 5.41) is 6.29. The molecule has 1 aromatic heterocycles. The van der Waals surface area contributed by atoms with Crippen molar-refractivity contribution >= 4 is 38.9 Å². The van der Waals surface area contributed by atoms with Crippen LogP contribution in [0.25, 0.3) is 21.7 Å². The van der Waals surface area contributed by atoms with Crippen molar-refractivity contribution in [1.82, 2.24) is 9.88 Å². The van der Waals surface area contributed by atoms with Gasteiger partial charge in [0, 0.05) is 23.7 Å². The first-order valence-corrected chi connectivity index (χ1v) is 13.2. The van der Waals surface area contributed by atoms with Crippen molar-refractivity contribution in [2.45, 2.75) is 24.2 Å². The molecule has 1 saturated heterocycles. The van der Waals surface area contributed by atoms with Crippen molar-refractivity contribution < 1.29 is 13.2 Å². The molecule has 2 unspecified atom stereocenters. The van der Waals surface area contributed by atoms with Crippen molar-refractivity contribution in [3.63, 3.8) is 0 Å². The highest BCUT2D eigenvalue weighted by atomic mass is 35.5. The molecule has 2 atom stereocenters. The first-order valence-electron chi connectivity index (χ1n) is 10.5. The molecule has 2 bridgehead atoms. The van der Waals surface area contributed by atoms with Crippen LogP contribution in [-0.2, 0) is 10.0 Å². The van der Waals surface area contributed by atoms with Crippen LogP contribution >= 0.6 is 22.9 Å². The zero-order valence-electron chi connectivity index (χ0n) is 17.2. The lowest BCUT2D eigenvalue weighted by molar-refractivity contribution is 0.0661. The average molecular weight is 488 g/mol. The van der Waals surface area contributed by atoms with E-state index in [-0.39, 0.29) is 10.8 Å². The Kier molecular flexibility index (Phi) is 5.57. The quantitative estimate of drug-likeness (QED) is 0.579. The number of carbonyl (C=O) groups excluding carboxylic acids is 1. The maximum atomic E-state index is 13.3. The number of hydrogen-bond donors (Lipinski definition) is 1. The molecule has 2 fully saturated rings. The number of nitrogens with zero attached hydrogens (tertiary/aromatic N) is 2. The van der Waals surface area contributed by atoms with Crippen LogP contribution in [0.15, 0.2) is 53.4 Å². The van der Waals surface area contributed by atoms with Crippen molar-refractivity contribution in [3.8, 4) is 21.7 Å². The van der Waals surface area contributed by atoms with Crippen LogP contribution in [0.1, 0.15) is 29.1 Å². The maximum absolute atomic E-state index is 13.3. The molecule has 0 radical (unpaired) electrons. The van der Waals surface area contributed by atoms with Crippen LogP contribution < -0.4 is 5.14 Å². The van der Waals surface area contributed by atoms with E-state index in [1.165, 1.54) is 42.7 Å². The number of benzene rings is 2. The molecule has 5 rings (SSSR count). The average Bonchev–Trinajstić information content (AvgIpc) is 3.36. The van der Waals surface area contributed by atoms with Gasteiger partial charge in [0.15, 0.2) is 5.01 Å². The first kappa shape index (κ1) is 21.6. The lowest BCUT2D eigenvalue weighted by Gasteiger charge is -2.31. The van der Waals surface area contributed by atoms with Gasteiger partial charge in [-0.15, -0.1) is 11.3 Å². The Bertz CT molecular complexity index is 1260. The number of fused-ring (bicyclic) bond motifs is 2. The first-order chi connectivity index (χ1) is 15.3. The van der Waals surface area contributed by atoms with Gasteiger partial charge < -0.3 is 4.90 Å². The number of primary sulfonamides is 1. The predicted octanol–water partition coefficient (Wildman–Crippen LogP) is 4.65. The van der Waals surface area contributed by atoms with Gasteiger partial charge in [-0.3, -0.25) is 4.79 Å². The Morgan fingerprint density at radius 2 is 1.59 bits per heavy atom. The van der Waals surface area contributed by atoms with Crippen molar-refractivity contribution in [3.05, 3.63) is 58.6 Å². The van der Waals surface area contributed by atoms with E-state index in [1.807, 2.05) is 17.0 Å². The smallest absolute Gasteiger partial charge is 0.282 e. The predicted molar refractivity (Wildman–Crippen MR) is 126 cm³/mol. The van der Waals surface area contributed by atoms with Crippen LogP contribution in [0.4, 0.5) is 0 Å². The molecule has 1 aliphatic heterocycles. The number of sulfonamides is 1. The largest absolute Gasteiger partial charge is 0.336 e. The van der Waals surface area contributed by atoms with E-state index < -0.39 is 10.0 Å². The van der Waals surface area contributed by atoms with Gasteiger partial charge in [-0.05, 0) is 60.9 Å². The minimum Gasteiger partial charge on any atom is -0.336 e. The summed E-state index contributed by atoms with van der Waals surface area (Å²) >= 11 is 7.39. The fraction of sp³-hybridized carbons (Fsp3) is 0.304. The van der Waals surface area contributed by atoms with Crippen LogP contribution in [-0.4, -0.2) is 37.3 Å². The van der Waals surface area contributed by atoms with Crippen molar-refractivity contribution in [2.24, 2.45) is 17.0 Å². The number of hydrogen-bond acceptors (Lipinski definition) is 5. The number of likely N-dealkylation sites (tertiary alicyclic amines) is 1. The van der Waals surface area contributed by atoms with Gasteiger partial charge in [0.05, 0.1) is 15.5 Å². The van der Waals surface area contributed by atoms with Gasteiger partial charge >= 0.3 is 0 Å². The minimum absolute atomic E-state index is 0.0331. The molecule has 0 spiro atoms.